The first-order valence-electron chi connectivity index (χ1n) is 11.8. The molecule has 2 fully saturated rings. The molecule has 2 saturated carbocycles. The number of aryl methyl sites for hydroxylation is 1. The van der Waals surface area contributed by atoms with Crippen molar-refractivity contribution in [3.8, 4) is 0 Å². The fourth-order valence-corrected chi connectivity index (χ4v) is 7.67. The Morgan fingerprint density at radius 1 is 1.12 bits per heavy atom. The molecular weight excluding hydrogens is 432 g/mol. The van der Waals surface area contributed by atoms with Crippen LogP contribution in [0, 0.1) is 30.6 Å². The van der Waals surface area contributed by atoms with Crippen LogP contribution < -0.4 is 5.32 Å². The summed E-state index contributed by atoms with van der Waals surface area (Å²) in [6.07, 6.45) is 3.49. The van der Waals surface area contributed by atoms with Gasteiger partial charge in [-0.25, -0.2) is 8.42 Å². The minimum absolute atomic E-state index is 0.0349. The first-order valence-corrected chi connectivity index (χ1v) is 13.2. The summed E-state index contributed by atoms with van der Waals surface area (Å²) in [5, 5.41) is 3.30. The average molecular weight is 469 g/mol. The van der Waals surface area contributed by atoms with Crippen molar-refractivity contribution in [2.75, 3.05) is 7.05 Å². The quantitative estimate of drug-likeness (QED) is 0.644. The van der Waals surface area contributed by atoms with E-state index in [2.05, 4.69) is 26.1 Å². The summed E-state index contributed by atoms with van der Waals surface area (Å²) >= 11 is 0. The Morgan fingerprint density at radius 2 is 1.79 bits per heavy atom. The molecule has 0 heterocycles. The highest BCUT2D eigenvalue weighted by atomic mass is 32.2. The molecule has 1 unspecified atom stereocenters. The summed E-state index contributed by atoms with van der Waals surface area (Å²) in [5.41, 5.74) is 2.94. The van der Waals surface area contributed by atoms with Gasteiger partial charge in [0.15, 0.2) is 0 Å². The number of amides is 1. The van der Waals surface area contributed by atoms with Crippen LogP contribution in [0.1, 0.15) is 67.1 Å². The largest absolute Gasteiger partial charge is 0.348 e. The van der Waals surface area contributed by atoms with Crippen molar-refractivity contribution in [3.05, 3.63) is 64.7 Å². The van der Waals surface area contributed by atoms with Crippen molar-refractivity contribution in [2.45, 2.75) is 71.4 Å². The van der Waals surface area contributed by atoms with E-state index in [9.17, 15) is 13.2 Å². The van der Waals surface area contributed by atoms with Crippen molar-refractivity contribution in [1.82, 2.24) is 9.62 Å². The first kappa shape index (κ1) is 24.0. The highest BCUT2D eigenvalue weighted by Crippen LogP contribution is 2.62. The molecule has 2 aromatic rings. The Morgan fingerprint density at radius 3 is 2.39 bits per heavy atom. The van der Waals surface area contributed by atoms with Gasteiger partial charge in [0.25, 0.3) is 5.91 Å². The van der Waals surface area contributed by atoms with E-state index in [0.29, 0.717) is 17.0 Å². The molecule has 5 nitrogen and oxygen atoms in total. The molecule has 2 bridgehead atoms. The standard InChI is InChI=1S/C27H36N2O3S/c1-18-14-21(24(30)28-25-26(3,4)22-12-13-27(25,5)16-22)15-23(19(18)2)33(31,32)29(6)17-20-10-8-7-9-11-20/h7-11,14-15,22,25H,12-13,16-17H2,1-6H3,(H,28,30)/t22-,25?,27-/m0/s1. The number of carbonyl (C=O) groups excluding carboxylic acids is 1. The number of carbonyl (C=O) groups is 1. The number of fused-ring (bicyclic) bond motifs is 2. The van der Waals surface area contributed by atoms with Crippen LogP contribution in [0.25, 0.3) is 0 Å². The highest BCUT2D eigenvalue weighted by Gasteiger charge is 2.59. The monoisotopic (exact) mass is 468 g/mol. The van der Waals surface area contributed by atoms with Crippen LogP contribution in [0.2, 0.25) is 0 Å². The lowest BCUT2D eigenvalue weighted by molar-refractivity contribution is 0.0737. The zero-order valence-electron chi connectivity index (χ0n) is 20.6. The lowest BCUT2D eigenvalue weighted by Crippen LogP contribution is -2.52. The van der Waals surface area contributed by atoms with Gasteiger partial charge >= 0.3 is 0 Å². The topological polar surface area (TPSA) is 66.5 Å². The van der Waals surface area contributed by atoms with E-state index in [4.69, 9.17) is 0 Å². The van der Waals surface area contributed by atoms with Crippen LogP contribution in [-0.4, -0.2) is 31.7 Å². The zero-order chi connectivity index (χ0) is 24.2. The SMILES string of the molecule is Cc1cc(C(=O)NC2C(C)(C)[C@H]3CC[C@@]2(C)C3)cc(S(=O)(=O)N(C)Cc2ccccc2)c1C. The van der Waals surface area contributed by atoms with E-state index in [1.807, 2.05) is 43.3 Å². The molecule has 0 saturated heterocycles. The molecule has 0 spiro atoms. The summed E-state index contributed by atoms with van der Waals surface area (Å²) in [6.45, 7) is 10.7. The lowest BCUT2D eigenvalue weighted by atomic mass is 9.68. The first-order chi connectivity index (χ1) is 15.4. The van der Waals surface area contributed by atoms with Gasteiger partial charge in [0.1, 0.15) is 0 Å². The van der Waals surface area contributed by atoms with Crippen LogP contribution in [-0.2, 0) is 16.6 Å². The Labute approximate surface area is 198 Å². The zero-order valence-corrected chi connectivity index (χ0v) is 21.4. The second-order valence-corrected chi connectivity index (χ2v) is 13.0. The van der Waals surface area contributed by atoms with Crippen LogP contribution in [0.15, 0.2) is 47.4 Å². The Balaban J connectivity index is 1.62. The van der Waals surface area contributed by atoms with Gasteiger partial charge in [0, 0.05) is 25.2 Å². The van der Waals surface area contributed by atoms with Crippen molar-refractivity contribution in [2.24, 2.45) is 16.7 Å². The predicted octanol–water partition coefficient (Wildman–Crippen LogP) is 5.07. The van der Waals surface area contributed by atoms with Gasteiger partial charge in [-0.1, -0.05) is 51.1 Å². The number of nitrogens with one attached hydrogen (secondary N) is 1. The third kappa shape index (κ3) is 4.12. The summed E-state index contributed by atoms with van der Waals surface area (Å²) in [7, 11) is -2.18. The average Bonchev–Trinajstić information content (AvgIpc) is 3.24. The van der Waals surface area contributed by atoms with Gasteiger partial charge < -0.3 is 5.32 Å². The van der Waals surface area contributed by atoms with Gasteiger partial charge in [-0.05, 0) is 78.7 Å². The number of hydrogen-bond donors (Lipinski definition) is 1. The minimum Gasteiger partial charge on any atom is -0.348 e. The lowest BCUT2D eigenvalue weighted by Gasteiger charge is -2.43. The van der Waals surface area contributed by atoms with E-state index < -0.39 is 10.0 Å². The van der Waals surface area contributed by atoms with Gasteiger partial charge in [-0.3, -0.25) is 4.79 Å². The Hall–Kier alpha value is -2.18. The Bertz CT molecular complexity index is 1170. The van der Waals surface area contributed by atoms with Gasteiger partial charge in [0.2, 0.25) is 10.0 Å². The number of sulfonamides is 1. The number of rotatable bonds is 6. The highest BCUT2D eigenvalue weighted by molar-refractivity contribution is 7.89. The van der Waals surface area contributed by atoms with Gasteiger partial charge in [-0.2, -0.15) is 4.31 Å². The molecular formula is C27H36N2O3S. The molecule has 0 aliphatic heterocycles. The van der Waals surface area contributed by atoms with Crippen LogP contribution >= 0.6 is 0 Å². The van der Waals surface area contributed by atoms with Crippen molar-refractivity contribution in [1.29, 1.82) is 0 Å². The second kappa shape index (κ2) is 8.24. The van der Waals surface area contributed by atoms with Crippen LogP contribution in [0.3, 0.4) is 0 Å². The molecule has 4 rings (SSSR count). The van der Waals surface area contributed by atoms with E-state index >= 15 is 0 Å². The fourth-order valence-electron chi connectivity index (χ4n) is 6.20. The molecule has 0 radical (unpaired) electrons. The van der Waals surface area contributed by atoms with Crippen molar-refractivity contribution in [3.63, 3.8) is 0 Å². The fraction of sp³-hybridized carbons (Fsp3) is 0.519. The molecule has 178 valence electrons. The molecule has 1 N–H and O–H groups in total. The maximum Gasteiger partial charge on any atom is 0.251 e. The summed E-state index contributed by atoms with van der Waals surface area (Å²) in [4.78, 5) is 13.6. The van der Waals surface area contributed by atoms with Gasteiger partial charge in [0.05, 0.1) is 4.90 Å². The van der Waals surface area contributed by atoms with E-state index in [1.54, 1.807) is 20.0 Å². The molecule has 2 aromatic carbocycles. The van der Waals surface area contributed by atoms with E-state index in [0.717, 1.165) is 24.0 Å². The Kier molecular flexibility index (Phi) is 5.98. The predicted molar refractivity (Wildman–Crippen MR) is 131 cm³/mol. The molecule has 3 atom stereocenters. The third-order valence-electron chi connectivity index (χ3n) is 8.36. The molecule has 33 heavy (non-hydrogen) atoms. The van der Waals surface area contributed by atoms with E-state index in [-0.39, 0.29) is 34.2 Å². The number of hydrogen-bond acceptors (Lipinski definition) is 3. The maximum atomic E-state index is 13.5. The van der Waals surface area contributed by atoms with Crippen LogP contribution in [0.5, 0.6) is 0 Å². The number of benzene rings is 2. The van der Waals surface area contributed by atoms with Gasteiger partial charge in [-0.15, -0.1) is 0 Å². The van der Waals surface area contributed by atoms with Crippen LogP contribution in [0.4, 0.5) is 0 Å². The summed E-state index contributed by atoms with van der Waals surface area (Å²) in [6, 6.07) is 13.0. The third-order valence-corrected chi connectivity index (χ3v) is 10.3. The second-order valence-electron chi connectivity index (χ2n) is 11.0. The van der Waals surface area contributed by atoms with E-state index in [1.165, 1.54) is 10.7 Å². The molecule has 2 aliphatic carbocycles. The minimum atomic E-state index is -3.76. The van der Waals surface area contributed by atoms with Crippen molar-refractivity contribution < 1.29 is 13.2 Å². The smallest absolute Gasteiger partial charge is 0.251 e. The van der Waals surface area contributed by atoms with Crippen molar-refractivity contribution >= 4 is 15.9 Å². The summed E-state index contributed by atoms with van der Waals surface area (Å²) < 4.78 is 28.3. The normalized spacial score (nSPS) is 26.0. The molecule has 0 aromatic heterocycles. The molecule has 2 aliphatic rings. The summed E-state index contributed by atoms with van der Waals surface area (Å²) in [5.74, 6) is 0.433. The molecule has 6 heteroatoms. The number of nitrogens with zero attached hydrogens (tertiary/aromatic N) is 1. The maximum absolute atomic E-state index is 13.5. The molecule has 1 amide bonds.